The van der Waals surface area contributed by atoms with Crippen molar-refractivity contribution in [3.8, 4) is 11.8 Å². The summed E-state index contributed by atoms with van der Waals surface area (Å²) >= 11 is 0. The van der Waals surface area contributed by atoms with Crippen molar-refractivity contribution >= 4 is 50.7 Å². The van der Waals surface area contributed by atoms with Crippen molar-refractivity contribution in [2.24, 2.45) is 4.99 Å². The maximum atomic E-state index is 12.4. The van der Waals surface area contributed by atoms with Gasteiger partial charge in [-0.1, -0.05) is 39.5 Å². The second kappa shape index (κ2) is 15.8. The number of carbonyl (C=O) groups is 1. The zero-order valence-corrected chi connectivity index (χ0v) is 25.9. The van der Waals surface area contributed by atoms with Gasteiger partial charge in [-0.25, -0.2) is 15.0 Å². The number of halogens is 3. The quantitative estimate of drug-likeness (QED) is 0.0599. The van der Waals surface area contributed by atoms with Gasteiger partial charge in [0.15, 0.2) is 5.82 Å². The predicted octanol–water partition coefficient (Wildman–Crippen LogP) is 3.67. The molecular formula is C27H35F3N6O5S2. The molecule has 11 nitrogen and oxygen atoms in total. The molecule has 1 saturated heterocycles. The van der Waals surface area contributed by atoms with Crippen LogP contribution in [0.1, 0.15) is 32.1 Å². The average Bonchev–Trinajstić information content (AvgIpc) is 3.54. The summed E-state index contributed by atoms with van der Waals surface area (Å²) < 4.78 is 55.9. The lowest BCUT2D eigenvalue weighted by Crippen LogP contribution is -2.42. The maximum Gasteiger partial charge on any atom is 0.471 e. The van der Waals surface area contributed by atoms with Crippen LogP contribution in [0, 0.1) is 11.8 Å². The van der Waals surface area contributed by atoms with E-state index >= 15 is 0 Å². The molecule has 2 aromatic rings. The summed E-state index contributed by atoms with van der Waals surface area (Å²) in [4.78, 5) is 26.1. The van der Waals surface area contributed by atoms with E-state index in [2.05, 4.69) is 33.4 Å². The van der Waals surface area contributed by atoms with E-state index in [1.165, 1.54) is 27.9 Å². The number of amides is 1. The van der Waals surface area contributed by atoms with Crippen LogP contribution >= 0.6 is 21.6 Å². The Kier molecular flexibility index (Phi) is 12.7. The van der Waals surface area contributed by atoms with Gasteiger partial charge in [0, 0.05) is 38.0 Å². The zero-order valence-electron chi connectivity index (χ0n) is 24.3. The van der Waals surface area contributed by atoms with Crippen molar-refractivity contribution in [1.82, 2.24) is 24.8 Å². The molecule has 3 atom stereocenters. The van der Waals surface area contributed by atoms with Gasteiger partial charge >= 0.3 is 12.1 Å². The van der Waals surface area contributed by atoms with Crippen LogP contribution in [0.2, 0.25) is 0 Å². The fourth-order valence-corrected chi connectivity index (χ4v) is 6.05. The first kappa shape index (κ1) is 34.7. The summed E-state index contributed by atoms with van der Waals surface area (Å²) in [6.45, 7) is 7.17. The minimum atomic E-state index is -4.91. The predicted molar refractivity (Wildman–Crippen MR) is 161 cm³/mol. The average molecular weight is 645 g/mol. The van der Waals surface area contributed by atoms with Crippen molar-refractivity contribution in [3.05, 3.63) is 30.7 Å². The highest BCUT2D eigenvalue weighted by Crippen LogP contribution is 2.37. The lowest BCUT2D eigenvalue weighted by atomic mass is 10.2. The monoisotopic (exact) mass is 644 g/mol. The number of nitrogens with one attached hydrogen (secondary N) is 1. The van der Waals surface area contributed by atoms with E-state index < -0.39 is 29.2 Å². The van der Waals surface area contributed by atoms with Gasteiger partial charge in [-0.15, -0.1) is 6.58 Å². The number of aliphatic imine (C=N–C) groups is 1. The van der Waals surface area contributed by atoms with Crippen LogP contribution in [0.4, 0.5) is 19.0 Å². The molecule has 0 radical (unpaired) electrons. The number of ether oxygens (including phenoxy) is 3. The van der Waals surface area contributed by atoms with Crippen molar-refractivity contribution in [1.29, 1.82) is 0 Å². The van der Waals surface area contributed by atoms with Gasteiger partial charge in [-0.2, -0.15) is 13.2 Å². The first-order valence-corrected chi connectivity index (χ1v) is 15.5. The molecule has 0 aliphatic carbocycles. The molecule has 1 fully saturated rings. The fraction of sp³-hybridized carbons (Fsp3) is 0.556. The van der Waals surface area contributed by atoms with Gasteiger partial charge in [-0.05, 0) is 13.8 Å². The summed E-state index contributed by atoms with van der Waals surface area (Å²) in [5, 5.41) is 12.3. The summed E-state index contributed by atoms with van der Waals surface area (Å²) in [6, 6.07) is 0. The summed E-state index contributed by atoms with van der Waals surface area (Å²) in [5.74, 6) is 4.76. The number of fused-ring (bicyclic) bond motifs is 1. The molecule has 2 aromatic heterocycles. The lowest BCUT2D eigenvalue weighted by molar-refractivity contribution is -0.173. The molecule has 2 N–H and O–H groups in total. The fourth-order valence-electron chi connectivity index (χ4n) is 3.92. The van der Waals surface area contributed by atoms with E-state index in [-0.39, 0.29) is 31.8 Å². The Hall–Kier alpha value is -2.81. The highest BCUT2D eigenvalue weighted by Gasteiger charge is 2.39. The molecule has 236 valence electrons. The van der Waals surface area contributed by atoms with Crippen LogP contribution in [-0.2, 0) is 19.0 Å². The molecule has 0 saturated carbocycles. The molecule has 0 bridgehead atoms. The van der Waals surface area contributed by atoms with Gasteiger partial charge in [0.25, 0.3) is 0 Å². The number of alkyl halides is 3. The van der Waals surface area contributed by atoms with E-state index in [1.807, 2.05) is 24.0 Å². The van der Waals surface area contributed by atoms with E-state index in [0.29, 0.717) is 35.4 Å². The number of aliphatic hydroxyl groups is 1. The van der Waals surface area contributed by atoms with Crippen molar-refractivity contribution < 1.29 is 37.3 Å². The minimum absolute atomic E-state index is 0.0828. The molecule has 1 aliphatic heterocycles. The van der Waals surface area contributed by atoms with Crippen LogP contribution in [0.15, 0.2) is 30.2 Å². The Morgan fingerprint density at radius 3 is 2.84 bits per heavy atom. The molecule has 1 unspecified atom stereocenters. The van der Waals surface area contributed by atoms with Gasteiger partial charge in [0.05, 0.1) is 36.6 Å². The van der Waals surface area contributed by atoms with Crippen molar-refractivity contribution in [3.63, 3.8) is 0 Å². The van der Waals surface area contributed by atoms with Crippen LogP contribution in [0.3, 0.4) is 0 Å². The van der Waals surface area contributed by atoms with Crippen molar-refractivity contribution in [2.75, 3.05) is 46.4 Å². The van der Waals surface area contributed by atoms with Crippen LogP contribution in [0.5, 0.6) is 0 Å². The number of hydrogen-bond acceptors (Lipinski definition) is 10. The highest BCUT2D eigenvalue weighted by molar-refractivity contribution is 8.77. The molecular weight excluding hydrogens is 609 g/mol. The standard InChI is InChI=1S/C27H35F3N6O5S2/c1-6-9-40-19-11-21(41-20(19)13-37)36-12-18(22-23(34-16-35(4)5)32-15-33-24(22)36)8-7-10-39-17-42-43-26(2,3)14-31-25(38)27(28,29)30/h6,12,15-16,19-21,37H,1,9-11,13-14,17H2,2-5H3,(H,31,38)/t19?,20-,21-/m1/s1. The first-order valence-electron chi connectivity index (χ1n) is 13.1. The number of aliphatic hydroxyl groups excluding tert-OH is 1. The Bertz CT molecular complexity index is 1340. The maximum absolute atomic E-state index is 12.4. The third-order valence-corrected chi connectivity index (χ3v) is 8.82. The number of hydrogen-bond donors (Lipinski definition) is 2. The van der Waals surface area contributed by atoms with E-state index in [0.717, 1.165) is 0 Å². The van der Waals surface area contributed by atoms with E-state index in [4.69, 9.17) is 14.2 Å². The third-order valence-electron chi connectivity index (χ3n) is 5.84. The molecule has 3 rings (SSSR count). The Morgan fingerprint density at radius 2 is 2.16 bits per heavy atom. The first-order chi connectivity index (χ1) is 20.4. The van der Waals surface area contributed by atoms with Gasteiger partial charge in [0.1, 0.15) is 36.9 Å². The number of rotatable bonds is 14. The molecule has 3 heterocycles. The SMILES string of the molecule is C=CCOC1C[C@H](n2cc(C#CCOCSSC(C)(C)CNC(=O)C(F)(F)F)c3c(N=CN(C)C)ncnc32)O[C@@H]1CO. The molecule has 1 aliphatic rings. The minimum Gasteiger partial charge on any atom is -0.394 e. The Balaban J connectivity index is 1.70. The highest BCUT2D eigenvalue weighted by atomic mass is 33.1. The number of nitrogens with zero attached hydrogens (tertiary/aromatic N) is 5. The summed E-state index contributed by atoms with van der Waals surface area (Å²) in [7, 11) is 6.27. The second-order valence-electron chi connectivity index (χ2n) is 10.2. The van der Waals surface area contributed by atoms with Crippen LogP contribution < -0.4 is 5.32 Å². The second-order valence-corrected chi connectivity index (χ2v) is 13.1. The molecule has 43 heavy (non-hydrogen) atoms. The number of aromatic nitrogens is 3. The summed E-state index contributed by atoms with van der Waals surface area (Å²) in [5.41, 5.74) is 1.16. The lowest BCUT2D eigenvalue weighted by Gasteiger charge is -2.23. The topological polar surface area (TPSA) is 123 Å². The largest absolute Gasteiger partial charge is 0.471 e. The molecule has 0 aromatic carbocycles. The van der Waals surface area contributed by atoms with Gasteiger partial charge in [-0.3, -0.25) is 4.79 Å². The number of carbonyl (C=O) groups excluding carboxylic acids is 1. The molecule has 1 amide bonds. The van der Waals surface area contributed by atoms with E-state index in [9.17, 15) is 23.1 Å². The van der Waals surface area contributed by atoms with Gasteiger partial charge < -0.3 is 34.1 Å². The Morgan fingerprint density at radius 1 is 1.40 bits per heavy atom. The van der Waals surface area contributed by atoms with Crippen LogP contribution in [-0.4, -0.2) is 106 Å². The van der Waals surface area contributed by atoms with Crippen LogP contribution in [0.25, 0.3) is 11.0 Å². The smallest absolute Gasteiger partial charge is 0.394 e. The molecule has 0 spiro atoms. The zero-order chi connectivity index (χ0) is 31.6. The van der Waals surface area contributed by atoms with Gasteiger partial charge in [0.2, 0.25) is 0 Å². The third kappa shape index (κ3) is 10.1. The van der Waals surface area contributed by atoms with Crippen molar-refractivity contribution in [2.45, 2.75) is 49.6 Å². The Labute approximate surface area is 256 Å². The van der Waals surface area contributed by atoms with E-state index in [1.54, 1.807) is 37.4 Å². The summed E-state index contributed by atoms with van der Waals surface area (Å²) in [6.07, 6.45) is 0.723. The normalized spacial score (nSPS) is 19.0. The molecule has 16 heteroatoms.